The van der Waals surface area contributed by atoms with Crippen molar-refractivity contribution in [1.29, 1.82) is 0 Å². The molecular weight excluding hydrogens is 296 g/mol. The number of aryl methyl sites for hydroxylation is 1. The topological polar surface area (TPSA) is 84.8 Å². The van der Waals surface area contributed by atoms with E-state index in [9.17, 15) is 4.79 Å². The van der Waals surface area contributed by atoms with Crippen molar-refractivity contribution in [2.75, 3.05) is 39.4 Å². The van der Waals surface area contributed by atoms with E-state index in [0.717, 1.165) is 57.1 Å². The summed E-state index contributed by atoms with van der Waals surface area (Å²) < 4.78 is 10.6. The molecule has 2 aliphatic heterocycles. The predicted molar refractivity (Wildman–Crippen MR) is 84.6 cm³/mol. The zero-order valence-corrected chi connectivity index (χ0v) is 13.7. The van der Waals surface area contributed by atoms with Crippen molar-refractivity contribution in [3.8, 4) is 0 Å². The van der Waals surface area contributed by atoms with E-state index in [1.165, 1.54) is 0 Å². The molecule has 7 nitrogen and oxygen atoms in total. The van der Waals surface area contributed by atoms with E-state index >= 15 is 0 Å². The molecule has 1 aromatic rings. The summed E-state index contributed by atoms with van der Waals surface area (Å²) in [5.74, 6) is 0.448. The van der Waals surface area contributed by atoms with Gasteiger partial charge in [-0.15, -0.1) is 0 Å². The van der Waals surface area contributed by atoms with Gasteiger partial charge >= 0.3 is 0 Å². The van der Waals surface area contributed by atoms with Crippen molar-refractivity contribution in [2.45, 2.75) is 32.4 Å². The van der Waals surface area contributed by atoms with Crippen LogP contribution in [0.5, 0.6) is 0 Å². The summed E-state index contributed by atoms with van der Waals surface area (Å²) >= 11 is 0. The number of nitrogens with zero attached hydrogens (tertiary/aromatic N) is 3. The monoisotopic (exact) mass is 322 g/mol. The molecule has 0 spiro atoms. The number of aromatic nitrogens is 1. The molecule has 2 aliphatic rings. The zero-order chi connectivity index (χ0) is 16.2. The molecule has 1 amide bonds. The highest BCUT2D eigenvalue weighted by molar-refractivity contribution is 5.77. The van der Waals surface area contributed by atoms with Crippen molar-refractivity contribution in [1.82, 2.24) is 15.0 Å². The zero-order valence-electron chi connectivity index (χ0n) is 13.7. The SMILES string of the molecule is Cc1cc(CN2CCN(C3CCOCC3)C[C@H](C(N)=O)C2)no1. The van der Waals surface area contributed by atoms with Gasteiger partial charge in [0, 0.05) is 58.0 Å². The van der Waals surface area contributed by atoms with Crippen molar-refractivity contribution >= 4 is 5.91 Å². The minimum absolute atomic E-state index is 0.145. The molecule has 0 aromatic carbocycles. The second-order valence-corrected chi connectivity index (χ2v) is 6.60. The summed E-state index contributed by atoms with van der Waals surface area (Å²) in [6.07, 6.45) is 2.07. The number of primary amides is 1. The van der Waals surface area contributed by atoms with Gasteiger partial charge in [0.05, 0.1) is 11.6 Å². The average molecular weight is 322 g/mol. The molecule has 3 rings (SSSR count). The fraction of sp³-hybridized carbons (Fsp3) is 0.750. The van der Waals surface area contributed by atoms with Gasteiger partial charge in [-0.25, -0.2) is 0 Å². The lowest BCUT2D eigenvalue weighted by Gasteiger charge is -2.34. The van der Waals surface area contributed by atoms with Gasteiger partial charge in [-0.2, -0.15) is 0 Å². The van der Waals surface area contributed by atoms with Crippen LogP contribution in [0.3, 0.4) is 0 Å². The number of nitrogens with two attached hydrogens (primary N) is 1. The first kappa shape index (κ1) is 16.4. The molecule has 0 radical (unpaired) electrons. The van der Waals surface area contributed by atoms with Crippen molar-refractivity contribution < 1.29 is 14.1 Å². The highest BCUT2D eigenvalue weighted by Gasteiger charge is 2.31. The Morgan fingerprint density at radius 3 is 2.78 bits per heavy atom. The number of hydrogen-bond donors (Lipinski definition) is 1. The third-order valence-electron chi connectivity index (χ3n) is 4.81. The summed E-state index contributed by atoms with van der Waals surface area (Å²) in [5, 5.41) is 4.06. The molecular formula is C16H26N4O3. The summed E-state index contributed by atoms with van der Waals surface area (Å²) in [7, 11) is 0. The van der Waals surface area contributed by atoms with Crippen LogP contribution in [0.15, 0.2) is 10.6 Å². The maximum absolute atomic E-state index is 11.8. The molecule has 7 heteroatoms. The van der Waals surface area contributed by atoms with E-state index in [2.05, 4.69) is 15.0 Å². The van der Waals surface area contributed by atoms with E-state index in [1.54, 1.807) is 0 Å². The molecule has 0 unspecified atom stereocenters. The molecule has 1 atom stereocenters. The van der Waals surface area contributed by atoms with Crippen molar-refractivity contribution in [2.24, 2.45) is 11.7 Å². The standard InChI is InChI=1S/C16H26N4O3/c1-12-8-14(18-23-12)11-19-4-5-20(10-13(9-19)16(17)21)15-2-6-22-7-3-15/h8,13,15H,2-7,9-11H2,1H3,(H2,17,21)/t13-/m1/s1. The summed E-state index contributed by atoms with van der Waals surface area (Å²) in [6.45, 7) is 7.49. The number of hydrogen-bond acceptors (Lipinski definition) is 6. The fourth-order valence-corrected chi connectivity index (χ4v) is 3.53. The second-order valence-electron chi connectivity index (χ2n) is 6.60. The Labute approximate surface area is 136 Å². The number of amides is 1. The number of carbonyl (C=O) groups is 1. The minimum Gasteiger partial charge on any atom is -0.381 e. The third-order valence-corrected chi connectivity index (χ3v) is 4.81. The molecule has 1 aromatic heterocycles. The van der Waals surface area contributed by atoms with E-state index in [1.807, 2.05) is 13.0 Å². The molecule has 0 aliphatic carbocycles. The second kappa shape index (κ2) is 7.42. The first-order chi connectivity index (χ1) is 11.1. The lowest BCUT2D eigenvalue weighted by atomic mass is 10.0. The maximum Gasteiger partial charge on any atom is 0.223 e. The van der Waals surface area contributed by atoms with Gasteiger partial charge in [0.15, 0.2) is 0 Å². The van der Waals surface area contributed by atoms with E-state index in [4.69, 9.17) is 15.0 Å². The number of carbonyl (C=O) groups excluding carboxylic acids is 1. The van der Waals surface area contributed by atoms with Crippen molar-refractivity contribution in [3.63, 3.8) is 0 Å². The molecule has 0 saturated carbocycles. The highest BCUT2D eigenvalue weighted by Crippen LogP contribution is 2.20. The number of rotatable bonds is 4. The third kappa shape index (κ3) is 4.31. The fourth-order valence-electron chi connectivity index (χ4n) is 3.53. The summed E-state index contributed by atoms with van der Waals surface area (Å²) in [5.41, 5.74) is 6.54. The van der Waals surface area contributed by atoms with E-state index in [0.29, 0.717) is 19.1 Å². The Morgan fingerprint density at radius 2 is 2.13 bits per heavy atom. The highest BCUT2D eigenvalue weighted by atomic mass is 16.5. The van der Waals surface area contributed by atoms with Crippen LogP contribution in [-0.4, -0.2) is 66.3 Å². The summed E-state index contributed by atoms with van der Waals surface area (Å²) in [4.78, 5) is 16.5. The van der Waals surface area contributed by atoms with Crippen LogP contribution < -0.4 is 5.73 Å². The minimum atomic E-state index is -0.217. The van der Waals surface area contributed by atoms with Crippen LogP contribution >= 0.6 is 0 Å². The Hall–Kier alpha value is -1.44. The predicted octanol–water partition coefficient (Wildman–Crippen LogP) is 0.381. The lowest BCUT2D eigenvalue weighted by molar-refractivity contribution is -0.122. The molecule has 128 valence electrons. The normalized spacial score (nSPS) is 25.3. The Kier molecular flexibility index (Phi) is 5.30. The van der Waals surface area contributed by atoms with Crippen molar-refractivity contribution in [3.05, 3.63) is 17.5 Å². The average Bonchev–Trinajstić information content (AvgIpc) is 2.83. The largest absolute Gasteiger partial charge is 0.381 e. The van der Waals surface area contributed by atoms with Gasteiger partial charge in [-0.3, -0.25) is 14.6 Å². The molecule has 23 heavy (non-hydrogen) atoms. The van der Waals surface area contributed by atoms with Crippen LogP contribution in [0, 0.1) is 12.8 Å². The van der Waals surface area contributed by atoms with E-state index in [-0.39, 0.29) is 11.8 Å². The Morgan fingerprint density at radius 1 is 1.35 bits per heavy atom. The van der Waals surface area contributed by atoms with Crippen LogP contribution in [0.1, 0.15) is 24.3 Å². The van der Waals surface area contributed by atoms with Gasteiger partial charge in [0.1, 0.15) is 5.76 Å². The lowest BCUT2D eigenvalue weighted by Crippen LogP contribution is -2.44. The van der Waals surface area contributed by atoms with Crippen LogP contribution in [0.25, 0.3) is 0 Å². The molecule has 3 heterocycles. The first-order valence-corrected chi connectivity index (χ1v) is 8.37. The smallest absolute Gasteiger partial charge is 0.223 e. The molecule has 0 bridgehead atoms. The van der Waals surface area contributed by atoms with Gasteiger partial charge < -0.3 is 15.0 Å². The van der Waals surface area contributed by atoms with Crippen LogP contribution in [-0.2, 0) is 16.1 Å². The molecule has 2 fully saturated rings. The Bertz CT molecular complexity index is 527. The molecule has 2 saturated heterocycles. The maximum atomic E-state index is 11.8. The Balaban J connectivity index is 1.65. The van der Waals surface area contributed by atoms with Crippen LogP contribution in [0.2, 0.25) is 0 Å². The number of ether oxygens (including phenoxy) is 1. The van der Waals surface area contributed by atoms with Gasteiger partial charge in [0.25, 0.3) is 0 Å². The van der Waals surface area contributed by atoms with Crippen LogP contribution in [0.4, 0.5) is 0 Å². The van der Waals surface area contributed by atoms with Gasteiger partial charge in [-0.1, -0.05) is 5.16 Å². The molecule has 2 N–H and O–H groups in total. The van der Waals surface area contributed by atoms with Gasteiger partial charge in [-0.05, 0) is 19.8 Å². The van der Waals surface area contributed by atoms with E-state index < -0.39 is 0 Å². The quantitative estimate of drug-likeness (QED) is 0.863. The first-order valence-electron chi connectivity index (χ1n) is 8.37. The summed E-state index contributed by atoms with van der Waals surface area (Å²) in [6, 6.07) is 2.44. The van der Waals surface area contributed by atoms with Gasteiger partial charge in [0.2, 0.25) is 5.91 Å².